The van der Waals surface area contributed by atoms with Crippen LogP contribution in [-0.4, -0.2) is 18.4 Å². The smallest absolute Gasteiger partial charge is 0.207 e. The summed E-state index contributed by atoms with van der Waals surface area (Å²) in [5, 5.41) is 3.15. The molecule has 6 heteroatoms. The summed E-state index contributed by atoms with van der Waals surface area (Å²) in [5.41, 5.74) is 3.06. The van der Waals surface area contributed by atoms with Gasteiger partial charge >= 0.3 is 0 Å². The summed E-state index contributed by atoms with van der Waals surface area (Å²) in [7, 11) is -3.42. The number of aryl methyl sites for hydroxylation is 1. The Morgan fingerprint density at radius 1 is 0.913 bits per heavy atom. The highest BCUT2D eigenvalue weighted by Gasteiger charge is 2.32. The van der Waals surface area contributed by atoms with Crippen LogP contribution in [0.1, 0.15) is 5.69 Å². The quantitative estimate of drug-likeness (QED) is 0.612. The van der Waals surface area contributed by atoms with Crippen molar-refractivity contribution in [2.75, 3.05) is 5.32 Å². The number of nitrogens with zero attached hydrogens (tertiary/aromatic N) is 2. The van der Waals surface area contributed by atoms with Gasteiger partial charge in [-0.25, -0.2) is 13.4 Å². The van der Waals surface area contributed by atoms with Gasteiger partial charge in [0.25, 0.3) is 0 Å². The highest BCUT2D eigenvalue weighted by molar-refractivity contribution is 7.92. The Hall–Kier alpha value is -2.73. The number of anilines is 2. The molecule has 2 aromatic carbocycles. The second kappa shape index (κ2) is 4.89. The molecule has 0 bridgehead atoms. The third-order valence-electron chi connectivity index (χ3n) is 3.79. The third kappa shape index (κ3) is 2.19. The summed E-state index contributed by atoms with van der Waals surface area (Å²) in [6.45, 7) is 1.87. The van der Waals surface area contributed by atoms with Crippen molar-refractivity contribution in [3.05, 3.63) is 60.6 Å². The Bertz CT molecular complexity index is 1010. The number of nitrogens with one attached hydrogen (secondary N) is 1. The molecule has 0 amide bonds. The molecule has 114 valence electrons. The van der Waals surface area contributed by atoms with E-state index in [9.17, 15) is 8.42 Å². The molecule has 2 heterocycles. The van der Waals surface area contributed by atoms with Gasteiger partial charge in [0, 0.05) is 16.8 Å². The summed E-state index contributed by atoms with van der Waals surface area (Å²) >= 11 is 0. The molecule has 1 aromatic heterocycles. The maximum atomic E-state index is 12.5. The van der Waals surface area contributed by atoms with Crippen molar-refractivity contribution in [1.82, 2.24) is 9.97 Å². The molecule has 0 saturated carbocycles. The summed E-state index contributed by atoms with van der Waals surface area (Å²) in [4.78, 5) is 9.14. The van der Waals surface area contributed by atoms with Gasteiger partial charge in [-0.15, -0.1) is 0 Å². The van der Waals surface area contributed by atoms with Crippen LogP contribution in [0.3, 0.4) is 0 Å². The SMILES string of the molecule is Cc1cnc(Nc2ccc3c(c2)-c2ccccc2S3(=O)=O)cn1. The van der Waals surface area contributed by atoms with Crippen molar-refractivity contribution in [2.24, 2.45) is 0 Å². The molecule has 0 radical (unpaired) electrons. The fourth-order valence-corrected chi connectivity index (χ4v) is 4.37. The number of aromatic nitrogens is 2. The molecule has 23 heavy (non-hydrogen) atoms. The second-order valence-corrected chi connectivity index (χ2v) is 7.27. The van der Waals surface area contributed by atoms with Gasteiger partial charge in [-0.3, -0.25) is 4.98 Å². The molecule has 1 N–H and O–H groups in total. The van der Waals surface area contributed by atoms with E-state index in [1.807, 2.05) is 25.1 Å². The van der Waals surface area contributed by atoms with Gasteiger partial charge in [0.1, 0.15) is 5.82 Å². The van der Waals surface area contributed by atoms with Crippen LogP contribution in [-0.2, 0) is 9.84 Å². The number of hydrogen-bond donors (Lipinski definition) is 1. The van der Waals surface area contributed by atoms with Crippen LogP contribution in [0.25, 0.3) is 11.1 Å². The summed E-state index contributed by atoms with van der Waals surface area (Å²) < 4.78 is 25.1. The molecule has 0 aliphatic carbocycles. The van der Waals surface area contributed by atoms with E-state index in [1.165, 1.54) is 0 Å². The van der Waals surface area contributed by atoms with Gasteiger partial charge in [-0.1, -0.05) is 18.2 Å². The summed E-state index contributed by atoms with van der Waals surface area (Å²) in [5.74, 6) is 0.615. The molecular weight excluding hydrogens is 310 g/mol. The first kappa shape index (κ1) is 13.9. The van der Waals surface area contributed by atoms with Crippen molar-refractivity contribution in [3.8, 4) is 11.1 Å². The minimum Gasteiger partial charge on any atom is -0.339 e. The summed E-state index contributed by atoms with van der Waals surface area (Å²) in [6, 6.07) is 12.3. The van der Waals surface area contributed by atoms with Crippen LogP contribution in [0.2, 0.25) is 0 Å². The lowest BCUT2D eigenvalue weighted by atomic mass is 10.1. The van der Waals surface area contributed by atoms with Crippen molar-refractivity contribution in [2.45, 2.75) is 16.7 Å². The van der Waals surface area contributed by atoms with Gasteiger partial charge in [0.2, 0.25) is 9.84 Å². The van der Waals surface area contributed by atoms with Gasteiger partial charge in [-0.05, 0) is 31.2 Å². The second-order valence-electron chi connectivity index (χ2n) is 5.38. The maximum Gasteiger partial charge on any atom is 0.207 e. The normalized spacial score (nSPS) is 14.1. The Balaban J connectivity index is 1.80. The highest BCUT2D eigenvalue weighted by Crippen LogP contribution is 2.44. The predicted molar refractivity (Wildman–Crippen MR) is 87.4 cm³/mol. The number of fused-ring (bicyclic) bond motifs is 3. The van der Waals surface area contributed by atoms with E-state index in [0.29, 0.717) is 21.2 Å². The lowest BCUT2D eigenvalue weighted by molar-refractivity contribution is 0.598. The molecule has 3 aromatic rings. The van der Waals surface area contributed by atoms with E-state index in [1.54, 1.807) is 36.7 Å². The van der Waals surface area contributed by atoms with Crippen LogP contribution in [0, 0.1) is 6.92 Å². The minimum atomic E-state index is -3.42. The first-order chi connectivity index (χ1) is 11.1. The van der Waals surface area contributed by atoms with E-state index in [-0.39, 0.29) is 0 Å². The molecule has 0 saturated heterocycles. The largest absolute Gasteiger partial charge is 0.339 e. The summed E-state index contributed by atoms with van der Waals surface area (Å²) in [6.07, 6.45) is 3.32. The van der Waals surface area contributed by atoms with E-state index in [0.717, 1.165) is 16.9 Å². The first-order valence-electron chi connectivity index (χ1n) is 7.10. The van der Waals surface area contributed by atoms with Crippen molar-refractivity contribution in [3.63, 3.8) is 0 Å². The Morgan fingerprint density at radius 2 is 1.70 bits per heavy atom. The zero-order valence-corrected chi connectivity index (χ0v) is 13.1. The molecule has 0 spiro atoms. The Labute approximate surface area is 134 Å². The zero-order chi connectivity index (χ0) is 16.0. The van der Waals surface area contributed by atoms with Gasteiger partial charge in [0.15, 0.2) is 0 Å². The van der Waals surface area contributed by atoms with Crippen LogP contribution < -0.4 is 5.32 Å². The van der Waals surface area contributed by atoms with Gasteiger partial charge in [-0.2, -0.15) is 0 Å². The fraction of sp³-hybridized carbons (Fsp3) is 0.0588. The Morgan fingerprint density at radius 3 is 2.48 bits per heavy atom. The van der Waals surface area contributed by atoms with Crippen LogP contribution in [0.4, 0.5) is 11.5 Å². The minimum absolute atomic E-state index is 0.347. The monoisotopic (exact) mass is 323 g/mol. The van der Waals surface area contributed by atoms with Gasteiger partial charge in [0.05, 0.1) is 27.9 Å². The number of sulfone groups is 1. The lowest BCUT2D eigenvalue weighted by Gasteiger charge is -2.07. The standard InChI is InChI=1S/C17H13N3O2S/c1-11-9-19-17(10-18-11)20-12-6-7-16-14(8-12)13-4-2-3-5-15(13)23(16,21)22/h2-10H,1H3,(H,19,20). The molecular formula is C17H13N3O2S. The molecule has 4 rings (SSSR count). The molecule has 0 atom stereocenters. The molecule has 0 fully saturated rings. The van der Waals surface area contributed by atoms with E-state index >= 15 is 0 Å². The molecule has 1 aliphatic heterocycles. The number of hydrogen-bond acceptors (Lipinski definition) is 5. The van der Waals surface area contributed by atoms with E-state index in [2.05, 4.69) is 15.3 Å². The number of rotatable bonds is 2. The van der Waals surface area contributed by atoms with Crippen LogP contribution >= 0.6 is 0 Å². The van der Waals surface area contributed by atoms with Crippen LogP contribution in [0.15, 0.2) is 64.6 Å². The average molecular weight is 323 g/mol. The van der Waals surface area contributed by atoms with Crippen molar-refractivity contribution < 1.29 is 8.42 Å². The molecule has 1 aliphatic rings. The lowest BCUT2D eigenvalue weighted by Crippen LogP contribution is -1.98. The van der Waals surface area contributed by atoms with Gasteiger partial charge < -0.3 is 5.32 Å². The molecule has 5 nitrogen and oxygen atoms in total. The highest BCUT2D eigenvalue weighted by atomic mass is 32.2. The van der Waals surface area contributed by atoms with Crippen molar-refractivity contribution >= 4 is 21.3 Å². The zero-order valence-electron chi connectivity index (χ0n) is 12.3. The molecule has 0 unspecified atom stereocenters. The van der Waals surface area contributed by atoms with E-state index < -0.39 is 9.84 Å². The van der Waals surface area contributed by atoms with Crippen LogP contribution in [0.5, 0.6) is 0 Å². The average Bonchev–Trinajstić information content (AvgIpc) is 2.78. The number of benzene rings is 2. The first-order valence-corrected chi connectivity index (χ1v) is 8.58. The third-order valence-corrected chi connectivity index (χ3v) is 5.66. The fourth-order valence-electron chi connectivity index (χ4n) is 2.70. The maximum absolute atomic E-state index is 12.5. The predicted octanol–water partition coefficient (Wildman–Crippen LogP) is 3.34. The Kier molecular flexibility index (Phi) is 2.96. The topological polar surface area (TPSA) is 72.0 Å². The van der Waals surface area contributed by atoms with E-state index in [4.69, 9.17) is 0 Å². The van der Waals surface area contributed by atoms with Crippen molar-refractivity contribution in [1.29, 1.82) is 0 Å².